The summed E-state index contributed by atoms with van der Waals surface area (Å²) in [5, 5.41) is 6.79. The Labute approximate surface area is 157 Å². The summed E-state index contributed by atoms with van der Waals surface area (Å²) >= 11 is 6.15. The monoisotopic (exact) mass is 366 g/mol. The summed E-state index contributed by atoms with van der Waals surface area (Å²) in [7, 11) is 0. The van der Waals surface area contributed by atoms with Crippen LogP contribution >= 0.6 is 11.6 Å². The van der Waals surface area contributed by atoms with Gasteiger partial charge in [-0.2, -0.15) is 0 Å². The van der Waals surface area contributed by atoms with Gasteiger partial charge in [-0.25, -0.2) is 9.97 Å². The van der Waals surface area contributed by atoms with Gasteiger partial charge in [-0.15, -0.1) is 0 Å². The summed E-state index contributed by atoms with van der Waals surface area (Å²) in [6.45, 7) is 2.45. The number of carbonyl (C=O) groups excluding carboxylic acids is 1. The fourth-order valence-electron chi connectivity index (χ4n) is 2.50. The molecule has 3 aromatic rings. The number of carbonyl (C=O) groups is 1. The van der Waals surface area contributed by atoms with Crippen molar-refractivity contribution in [3.8, 4) is 0 Å². The van der Waals surface area contributed by atoms with E-state index in [1.54, 1.807) is 6.07 Å². The van der Waals surface area contributed by atoms with Crippen LogP contribution in [0.25, 0.3) is 0 Å². The highest BCUT2D eigenvalue weighted by molar-refractivity contribution is 6.31. The van der Waals surface area contributed by atoms with Crippen molar-refractivity contribution in [3.63, 3.8) is 0 Å². The van der Waals surface area contributed by atoms with Gasteiger partial charge in [0.1, 0.15) is 17.8 Å². The molecule has 132 valence electrons. The van der Waals surface area contributed by atoms with Crippen molar-refractivity contribution in [2.45, 2.75) is 19.5 Å². The highest BCUT2D eigenvalue weighted by atomic mass is 35.5. The number of amides is 1. The zero-order valence-electron chi connectivity index (χ0n) is 14.3. The van der Waals surface area contributed by atoms with E-state index in [0.29, 0.717) is 23.1 Å². The summed E-state index contributed by atoms with van der Waals surface area (Å²) < 4.78 is 0. The predicted octanol–water partition coefficient (Wildman–Crippen LogP) is 4.23. The molecule has 0 spiro atoms. The maximum atomic E-state index is 12.5. The molecular formula is C20H19ClN4O. The molecule has 0 radical (unpaired) electrons. The van der Waals surface area contributed by atoms with E-state index in [0.717, 1.165) is 11.1 Å². The van der Waals surface area contributed by atoms with Gasteiger partial charge in [0.2, 0.25) is 0 Å². The fourth-order valence-corrected chi connectivity index (χ4v) is 2.70. The Hall–Kier alpha value is -2.92. The maximum Gasteiger partial charge on any atom is 0.270 e. The average Bonchev–Trinajstić information content (AvgIpc) is 2.68. The van der Waals surface area contributed by atoms with Crippen molar-refractivity contribution < 1.29 is 4.79 Å². The highest BCUT2D eigenvalue weighted by Crippen LogP contribution is 2.17. The Kier molecular flexibility index (Phi) is 5.81. The molecule has 1 amide bonds. The topological polar surface area (TPSA) is 66.9 Å². The number of nitrogens with zero attached hydrogens (tertiary/aromatic N) is 2. The van der Waals surface area contributed by atoms with Crippen LogP contribution in [0.5, 0.6) is 0 Å². The quantitative estimate of drug-likeness (QED) is 0.685. The van der Waals surface area contributed by atoms with Crippen LogP contribution in [-0.4, -0.2) is 15.9 Å². The average molecular weight is 367 g/mol. The SMILES string of the molecule is CC(NC(=O)c1cc(NCc2ccccc2Cl)ncn1)c1ccccc1. The highest BCUT2D eigenvalue weighted by Gasteiger charge is 2.13. The molecule has 0 aliphatic heterocycles. The summed E-state index contributed by atoms with van der Waals surface area (Å²) in [4.78, 5) is 20.7. The fraction of sp³-hybridized carbons (Fsp3) is 0.150. The van der Waals surface area contributed by atoms with E-state index in [1.165, 1.54) is 6.33 Å². The number of anilines is 1. The molecule has 0 bridgehead atoms. The zero-order chi connectivity index (χ0) is 18.4. The van der Waals surface area contributed by atoms with E-state index in [2.05, 4.69) is 20.6 Å². The third-order valence-electron chi connectivity index (χ3n) is 3.96. The van der Waals surface area contributed by atoms with Gasteiger partial charge in [0.25, 0.3) is 5.91 Å². The maximum absolute atomic E-state index is 12.5. The number of aromatic nitrogens is 2. The van der Waals surface area contributed by atoms with Gasteiger partial charge in [-0.3, -0.25) is 4.79 Å². The lowest BCUT2D eigenvalue weighted by Crippen LogP contribution is -2.27. The molecule has 26 heavy (non-hydrogen) atoms. The van der Waals surface area contributed by atoms with Gasteiger partial charge < -0.3 is 10.6 Å². The number of rotatable bonds is 6. The van der Waals surface area contributed by atoms with Crippen molar-refractivity contribution >= 4 is 23.3 Å². The summed E-state index contributed by atoms with van der Waals surface area (Å²) in [6.07, 6.45) is 1.37. The summed E-state index contributed by atoms with van der Waals surface area (Å²) in [5.74, 6) is 0.321. The van der Waals surface area contributed by atoms with Crippen LogP contribution in [0.3, 0.4) is 0 Å². The Morgan fingerprint density at radius 2 is 1.81 bits per heavy atom. The molecule has 3 rings (SSSR count). The van der Waals surface area contributed by atoms with Gasteiger partial charge in [-0.05, 0) is 24.1 Å². The van der Waals surface area contributed by atoms with E-state index >= 15 is 0 Å². The van der Waals surface area contributed by atoms with Crippen LogP contribution in [0.15, 0.2) is 67.0 Å². The van der Waals surface area contributed by atoms with Gasteiger partial charge in [0, 0.05) is 17.6 Å². The Morgan fingerprint density at radius 1 is 1.08 bits per heavy atom. The Balaban J connectivity index is 1.65. The van der Waals surface area contributed by atoms with E-state index in [9.17, 15) is 4.79 Å². The minimum atomic E-state index is -0.246. The molecule has 2 aromatic carbocycles. The molecule has 0 aliphatic carbocycles. The molecule has 0 aliphatic rings. The van der Waals surface area contributed by atoms with E-state index in [-0.39, 0.29) is 11.9 Å². The molecule has 0 saturated carbocycles. The number of nitrogens with one attached hydrogen (secondary N) is 2. The largest absolute Gasteiger partial charge is 0.366 e. The van der Waals surface area contributed by atoms with Crippen LogP contribution in [0.1, 0.15) is 34.6 Å². The first kappa shape index (κ1) is 17.9. The van der Waals surface area contributed by atoms with Gasteiger partial charge >= 0.3 is 0 Å². The predicted molar refractivity (Wildman–Crippen MR) is 103 cm³/mol. The molecule has 1 unspecified atom stereocenters. The minimum absolute atomic E-state index is 0.113. The second-order valence-corrected chi connectivity index (χ2v) is 6.25. The van der Waals surface area contributed by atoms with E-state index in [1.807, 2.05) is 61.5 Å². The van der Waals surface area contributed by atoms with Crippen molar-refractivity contribution in [3.05, 3.63) is 88.8 Å². The lowest BCUT2D eigenvalue weighted by molar-refractivity contribution is 0.0934. The molecule has 1 atom stereocenters. The van der Waals surface area contributed by atoms with Crippen molar-refractivity contribution in [2.24, 2.45) is 0 Å². The van der Waals surface area contributed by atoms with Crippen LogP contribution < -0.4 is 10.6 Å². The lowest BCUT2D eigenvalue weighted by atomic mass is 10.1. The Bertz CT molecular complexity index is 886. The Morgan fingerprint density at radius 3 is 2.58 bits per heavy atom. The summed E-state index contributed by atoms with van der Waals surface area (Å²) in [6, 6.07) is 18.9. The third kappa shape index (κ3) is 4.58. The number of hydrogen-bond donors (Lipinski definition) is 2. The van der Waals surface area contributed by atoms with E-state index < -0.39 is 0 Å². The van der Waals surface area contributed by atoms with Crippen LogP contribution in [0.4, 0.5) is 5.82 Å². The first-order valence-corrected chi connectivity index (χ1v) is 8.66. The smallest absolute Gasteiger partial charge is 0.270 e. The second kappa shape index (κ2) is 8.45. The minimum Gasteiger partial charge on any atom is -0.366 e. The molecule has 0 saturated heterocycles. The van der Waals surface area contributed by atoms with Crippen molar-refractivity contribution in [2.75, 3.05) is 5.32 Å². The number of benzene rings is 2. The van der Waals surface area contributed by atoms with Gasteiger partial charge in [-0.1, -0.05) is 60.1 Å². The molecule has 2 N–H and O–H groups in total. The molecule has 6 heteroatoms. The van der Waals surface area contributed by atoms with Crippen LogP contribution in [0.2, 0.25) is 5.02 Å². The molecule has 1 heterocycles. The van der Waals surface area contributed by atoms with Crippen LogP contribution in [-0.2, 0) is 6.54 Å². The van der Waals surface area contributed by atoms with Crippen molar-refractivity contribution in [1.82, 2.24) is 15.3 Å². The van der Waals surface area contributed by atoms with Crippen molar-refractivity contribution in [1.29, 1.82) is 0 Å². The zero-order valence-corrected chi connectivity index (χ0v) is 15.1. The molecule has 1 aromatic heterocycles. The van der Waals surface area contributed by atoms with E-state index in [4.69, 9.17) is 11.6 Å². The van der Waals surface area contributed by atoms with Gasteiger partial charge in [0.05, 0.1) is 6.04 Å². The van der Waals surface area contributed by atoms with Crippen LogP contribution in [0, 0.1) is 0 Å². The second-order valence-electron chi connectivity index (χ2n) is 5.84. The normalized spacial score (nSPS) is 11.6. The summed E-state index contributed by atoms with van der Waals surface area (Å²) in [5.41, 5.74) is 2.30. The number of hydrogen-bond acceptors (Lipinski definition) is 4. The first-order chi connectivity index (χ1) is 12.6. The third-order valence-corrected chi connectivity index (χ3v) is 4.33. The van der Waals surface area contributed by atoms with Gasteiger partial charge in [0.15, 0.2) is 0 Å². The molecular weight excluding hydrogens is 348 g/mol. The molecule has 5 nitrogen and oxygen atoms in total. The first-order valence-electron chi connectivity index (χ1n) is 8.28. The number of halogens is 1. The standard InChI is InChI=1S/C20H19ClN4O/c1-14(15-7-3-2-4-8-15)25-20(26)18-11-19(24-13-23-18)22-12-16-9-5-6-10-17(16)21/h2-11,13-14H,12H2,1H3,(H,25,26)(H,22,23,24). The lowest BCUT2D eigenvalue weighted by Gasteiger charge is -2.14. The molecule has 0 fully saturated rings.